The second-order valence-corrected chi connectivity index (χ2v) is 6.07. The van der Waals surface area contributed by atoms with E-state index in [1.165, 1.54) is 12.1 Å². The zero-order chi connectivity index (χ0) is 14.3. The quantitative estimate of drug-likeness (QED) is 0.750. The highest BCUT2D eigenvalue weighted by Gasteiger charge is 2.07. The molecule has 0 atom stereocenters. The number of ether oxygens (including phenoxy) is 1. The van der Waals surface area contributed by atoms with Gasteiger partial charge in [-0.1, -0.05) is 11.6 Å². The summed E-state index contributed by atoms with van der Waals surface area (Å²) in [7, 11) is 0. The minimum Gasteiger partial charge on any atom is -0.493 e. The first-order valence-electron chi connectivity index (χ1n) is 6.71. The van der Waals surface area contributed by atoms with Gasteiger partial charge in [0.25, 0.3) is 0 Å². The van der Waals surface area contributed by atoms with E-state index in [1.54, 1.807) is 6.07 Å². The molecule has 0 radical (unpaired) electrons. The summed E-state index contributed by atoms with van der Waals surface area (Å²) in [5.41, 5.74) is 0.178. The van der Waals surface area contributed by atoms with Crippen LogP contribution < -0.4 is 10.1 Å². The van der Waals surface area contributed by atoms with Crippen molar-refractivity contribution in [2.24, 2.45) is 0 Å². The Labute approximate surface area is 120 Å². The molecule has 0 saturated carbocycles. The van der Waals surface area contributed by atoms with Crippen molar-refractivity contribution in [1.82, 2.24) is 5.32 Å². The summed E-state index contributed by atoms with van der Waals surface area (Å²) < 4.78 is 18.6. The van der Waals surface area contributed by atoms with Crippen molar-refractivity contribution in [3.05, 3.63) is 29.0 Å². The van der Waals surface area contributed by atoms with Crippen molar-refractivity contribution < 1.29 is 9.13 Å². The predicted molar refractivity (Wildman–Crippen MR) is 78.5 cm³/mol. The lowest BCUT2D eigenvalue weighted by Crippen LogP contribution is -2.36. The van der Waals surface area contributed by atoms with Crippen LogP contribution in [0.2, 0.25) is 5.02 Å². The fourth-order valence-corrected chi connectivity index (χ4v) is 1.74. The Bertz CT molecular complexity index is 390. The zero-order valence-electron chi connectivity index (χ0n) is 11.9. The normalized spacial score (nSPS) is 11.6. The van der Waals surface area contributed by atoms with Gasteiger partial charge < -0.3 is 10.1 Å². The summed E-state index contributed by atoms with van der Waals surface area (Å²) >= 11 is 5.60. The van der Waals surface area contributed by atoms with Crippen LogP contribution in [0.15, 0.2) is 18.2 Å². The van der Waals surface area contributed by atoms with Crippen LogP contribution in [0.4, 0.5) is 4.39 Å². The Morgan fingerprint density at radius 2 is 1.95 bits per heavy atom. The number of hydrogen-bond acceptors (Lipinski definition) is 2. The fraction of sp³-hybridized carbons (Fsp3) is 0.600. The van der Waals surface area contributed by atoms with Crippen LogP contribution >= 0.6 is 11.6 Å². The van der Waals surface area contributed by atoms with Gasteiger partial charge in [-0.3, -0.25) is 0 Å². The van der Waals surface area contributed by atoms with Crippen LogP contribution in [-0.2, 0) is 0 Å². The first-order chi connectivity index (χ1) is 8.88. The third-order valence-electron chi connectivity index (χ3n) is 2.64. The van der Waals surface area contributed by atoms with E-state index >= 15 is 0 Å². The van der Waals surface area contributed by atoms with Crippen molar-refractivity contribution in [3.8, 4) is 5.75 Å². The van der Waals surface area contributed by atoms with E-state index in [9.17, 15) is 4.39 Å². The van der Waals surface area contributed by atoms with Gasteiger partial charge in [0, 0.05) is 11.6 Å². The molecule has 0 bridgehead atoms. The van der Waals surface area contributed by atoms with E-state index in [1.807, 2.05) is 0 Å². The number of nitrogens with one attached hydrogen (secondary N) is 1. The molecule has 19 heavy (non-hydrogen) atoms. The van der Waals surface area contributed by atoms with E-state index in [2.05, 4.69) is 26.1 Å². The minimum absolute atomic E-state index is 0.126. The highest BCUT2D eigenvalue weighted by atomic mass is 35.5. The maximum absolute atomic E-state index is 13.1. The molecule has 0 amide bonds. The molecular formula is C15H23ClFNO. The van der Waals surface area contributed by atoms with E-state index in [-0.39, 0.29) is 10.6 Å². The number of unbranched alkanes of at least 4 members (excludes halogenated alkanes) is 2. The lowest BCUT2D eigenvalue weighted by Gasteiger charge is -2.20. The van der Waals surface area contributed by atoms with Crippen LogP contribution in [0, 0.1) is 5.82 Å². The molecule has 0 spiro atoms. The van der Waals surface area contributed by atoms with Gasteiger partial charge in [-0.25, -0.2) is 4.39 Å². The van der Waals surface area contributed by atoms with E-state index < -0.39 is 5.82 Å². The van der Waals surface area contributed by atoms with E-state index in [0.29, 0.717) is 12.4 Å². The molecule has 0 saturated heterocycles. The molecule has 0 heterocycles. The third kappa shape index (κ3) is 7.38. The lowest BCUT2D eigenvalue weighted by atomic mass is 10.1. The third-order valence-corrected chi connectivity index (χ3v) is 2.94. The van der Waals surface area contributed by atoms with Gasteiger partial charge in [0.15, 0.2) is 0 Å². The van der Waals surface area contributed by atoms with Crippen LogP contribution in [0.1, 0.15) is 40.0 Å². The standard InChI is InChI=1S/C15H23ClFNO/c1-15(2,3)18-9-5-4-6-10-19-12-7-8-13(16)14(17)11-12/h7-8,11,18H,4-6,9-10H2,1-3H3. The topological polar surface area (TPSA) is 21.3 Å². The number of halogens is 2. The summed E-state index contributed by atoms with van der Waals surface area (Å²) in [5, 5.41) is 3.56. The van der Waals surface area contributed by atoms with Gasteiger partial charge in [-0.05, 0) is 58.7 Å². The first-order valence-corrected chi connectivity index (χ1v) is 7.09. The Balaban J connectivity index is 2.09. The van der Waals surface area contributed by atoms with E-state index in [0.717, 1.165) is 25.8 Å². The molecule has 1 N–H and O–H groups in total. The van der Waals surface area contributed by atoms with Gasteiger partial charge in [0.2, 0.25) is 0 Å². The highest BCUT2D eigenvalue weighted by Crippen LogP contribution is 2.20. The number of benzene rings is 1. The number of rotatable bonds is 7. The molecule has 2 nitrogen and oxygen atoms in total. The van der Waals surface area contributed by atoms with Gasteiger partial charge in [0.1, 0.15) is 11.6 Å². The maximum Gasteiger partial charge on any atom is 0.145 e. The Morgan fingerprint density at radius 3 is 2.58 bits per heavy atom. The Morgan fingerprint density at radius 1 is 1.21 bits per heavy atom. The smallest absolute Gasteiger partial charge is 0.145 e. The first kappa shape index (κ1) is 16.3. The summed E-state index contributed by atoms with van der Waals surface area (Å²) in [6.45, 7) is 8.09. The van der Waals surface area contributed by atoms with Crippen LogP contribution in [0.3, 0.4) is 0 Å². The SMILES string of the molecule is CC(C)(C)NCCCCCOc1ccc(Cl)c(F)c1. The summed E-state index contributed by atoms with van der Waals surface area (Å²) in [6, 6.07) is 4.52. The van der Waals surface area contributed by atoms with Crippen molar-refractivity contribution in [2.45, 2.75) is 45.6 Å². The molecule has 0 aliphatic carbocycles. The monoisotopic (exact) mass is 287 g/mol. The predicted octanol–water partition coefficient (Wildman–Crippen LogP) is 4.42. The molecule has 4 heteroatoms. The average Bonchev–Trinajstić information content (AvgIpc) is 2.31. The van der Waals surface area contributed by atoms with Crippen LogP contribution in [0.25, 0.3) is 0 Å². The van der Waals surface area contributed by atoms with Crippen molar-refractivity contribution in [3.63, 3.8) is 0 Å². The second kappa shape index (κ2) is 7.71. The molecule has 0 aliphatic rings. The summed E-state index contributed by atoms with van der Waals surface area (Å²) in [5.74, 6) is 0.100. The number of hydrogen-bond donors (Lipinski definition) is 1. The molecule has 0 aromatic heterocycles. The molecule has 0 aliphatic heterocycles. The van der Waals surface area contributed by atoms with Gasteiger partial charge in [-0.2, -0.15) is 0 Å². The van der Waals surface area contributed by atoms with Gasteiger partial charge in [-0.15, -0.1) is 0 Å². The van der Waals surface area contributed by atoms with Crippen molar-refractivity contribution >= 4 is 11.6 Å². The molecule has 1 rings (SSSR count). The van der Waals surface area contributed by atoms with Crippen molar-refractivity contribution in [1.29, 1.82) is 0 Å². The molecule has 0 unspecified atom stereocenters. The minimum atomic E-state index is -0.437. The van der Waals surface area contributed by atoms with E-state index in [4.69, 9.17) is 16.3 Å². The second-order valence-electron chi connectivity index (χ2n) is 5.66. The fourth-order valence-electron chi connectivity index (χ4n) is 1.62. The highest BCUT2D eigenvalue weighted by molar-refractivity contribution is 6.30. The summed E-state index contributed by atoms with van der Waals surface area (Å²) in [4.78, 5) is 0. The van der Waals surface area contributed by atoms with Crippen LogP contribution in [-0.4, -0.2) is 18.7 Å². The lowest BCUT2D eigenvalue weighted by molar-refractivity contribution is 0.302. The summed E-state index contributed by atoms with van der Waals surface area (Å²) in [6.07, 6.45) is 3.19. The van der Waals surface area contributed by atoms with Gasteiger partial charge >= 0.3 is 0 Å². The largest absolute Gasteiger partial charge is 0.493 e. The average molecular weight is 288 g/mol. The van der Waals surface area contributed by atoms with Crippen LogP contribution in [0.5, 0.6) is 5.75 Å². The molecule has 108 valence electrons. The van der Waals surface area contributed by atoms with Gasteiger partial charge in [0.05, 0.1) is 11.6 Å². The Hall–Kier alpha value is -0.800. The zero-order valence-corrected chi connectivity index (χ0v) is 12.7. The van der Waals surface area contributed by atoms with Crippen molar-refractivity contribution in [2.75, 3.05) is 13.2 Å². The molecular weight excluding hydrogens is 265 g/mol. The molecule has 0 fully saturated rings. The Kier molecular flexibility index (Phi) is 6.59. The maximum atomic E-state index is 13.1. The molecule has 1 aromatic rings. The molecule has 1 aromatic carbocycles.